The molecule has 1 aromatic rings. The van der Waals surface area contributed by atoms with E-state index in [4.69, 9.17) is 9.15 Å². The molecule has 0 saturated heterocycles. The smallest absolute Gasteiger partial charge is 0.338 e. The second-order valence-corrected chi connectivity index (χ2v) is 5.40. The van der Waals surface area contributed by atoms with Gasteiger partial charge in [0.2, 0.25) is 0 Å². The number of rotatable bonds is 5. The summed E-state index contributed by atoms with van der Waals surface area (Å²) in [5.41, 5.74) is 0.850. The lowest BCUT2D eigenvalue weighted by Crippen LogP contribution is -2.45. The van der Waals surface area contributed by atoms with Crippen LogP contribution in [0.2, 0.25) is 0 Å². The molecule has 0 aromatic carbocycles. The van der Waals surface area contributed by atoms with Crippen molar-refractivity contribution in [3.8, 4) is 0 Å². The van der Waals surface area contributed by atoms with Crippen LogP contribution in [0, 0.1) is 5.92 Å². The van der Waals surface area contributed by atoms with Gasteiger partial charge < -0.3 is 19.8 Å². The minimum absolute atomic E-state index is 0.353. The molecule has 1 atom stereocenters. The van der Waals surface area contributed by atoms with E-state index in [1.54, 1.807) is 19.1 Å². The van der Waals surface area contributed by atoms with Crippen LogP contribution in [0.3, 0.4) is 0 Å². The van der Waals surface area contributed by atoms with Crippen LogP contribution in [0.1, 0.15) is 39.0 Å². The Morgan fingerprint density at radius 2 is 2.24 bits per heavy atom. The molecule has 2 rings (SSSR count). The van der Waals surface area contributed by atoms with E-state index in [9.17, 15) is 9.59 Å². The van der Waals surface area contributed by atoms with Gasteiger partial charge in [-0.05, 0) is 31.4 Å². The Balaban J connectivity index is 2.17. The maximum absolute atomic E-state index is 12.3. The molecule has 0 bridgehead atoms. The summed E-state index contributed by atoms with van der Waals surface area (Å²) in [5.74, 6) is 0.514. The molecule has 0 unspecified atom stereocenters. The van der Waals surface area contributed by atoms with Crippen molar-refractivity contribution in [1.82, 2.24) is 10.6 Å². The van der Waals surface area contributed by atoms with Crippen LogP contribution in [-0.4, -0.2) is 18.6 Å². The van der Waals surface area contributed by atoms with Crippen LogP contribution < -0.4 is 10.6 Å². The van der Waals surface area contributed by atoms with Crippen molar-refractivity contribution in [3.63, 3.8) is 0 Å². The zero-order valence-electron chi connectivity index (χ0n) is 12.4. The molecule has 1 aromatic heterocycles. The third-order valence-electron chi connectivity index (χ3n) is 3.25. The molecule has 21 heavy (non-hydrogen) atoms. The van der Waals surface area contributed by atoms with Crippen LogP contribution in [-0.2, 0) is 9.53 Å². The summed E-state index contributed by atoms with van der Waals surface area (Å²) in [4.78, 5) is 23.9. The maximum Gasteiger partial charge on any atom is 0.338 e. The molecule has 1 aliphatic heterocycles. The van der Waals surface area contributed by atoms with Crippen molar-refractivity contribution < 1.29 is 18.7 Å². The molecule has 114 valence electrons. The highest BCUT2D eigenvalue weighted by atomic mass is 16.5. The molecule has 0 fully saturated rings. The summed E-state index contributed by atoms with van der Waals surface area (Å²) < 4.78 is 10.6. The minimum atomic E-state index is -0.625. The fraction of sp³-hybridized carbons (Fsp3) is 0.467. The van der Waals surface area contributed by atoms with Gasteiger partial charge in [0.1, 0.15) is 11.8 Å². The average Bonchev–Trinajstić information content (AvgIpc) is 2.90. The molecule has 0 spiro atoms. The highest BCUT2D eigenvalue weighted by Crippen LogP contribution is 2.27. The van der Waals surface area contributed by atoms with Gasteiger partial charge in [-0.1, -0.05) is 13.8 Å². The average molecular weight is 292 g/mol. The summed E-state index contributed by atoms with van der Waals surface area (Å²) in [6, 6.07) is 2.43. The van der Waals surface area contributed by atoms with Crippen molar-refractivity contribution in [3.05, 3.63) is 35.4 Å². The maximum atomic E-state index is 12.3. The summed E-state index contributed by atoms with van der Waals surface area (Å²) in [7, 11) is 0. The largest absolute Gasteiger partial charge is 0.467 e. The zero-order valence-corrected chi connectivity index (χ0v) is 12.4. The normalized spacial score (nSPS) is 18.5. The van der Waals surface area contributed by atoms with Gasteiger partial charge in [0.25, 0.3) is 0 Å². The monoisotopic (exact) mass is 292 g/mol. The molecular weight excluding hydrogens is 272 g/mol. The predicted octanol–water partition coefficient (Wildman–Crippen LogP) is 2.50. The van der Waals surface area contributed by atoms with Crippen molar-refractivity contribution in [1.29, 1.82) is 0 Å². The highest BCUT2D eigenvalue weighted by Gasteiger charge is 2.33. The van der Waals surface area contributed by atoms with Gasteiger partial charge in [-0.25, -0.2) is 9.59 Å². The summed E-state index contributed by atoms with van der Waals surface area (Å²) in [6.07, 6.45) is 2.30. The van der Waals surface area contributed by atoms with Crippen LogP contribution in [0.15, 0.2) is 34.1 Å². The quantitative estimate of drug-likeness (QED) is 0.817. The van der Waals surface area contributed by atoms with Crippen molar-refractivity contribution in [2.24, 2.45) is 5.92 Å². The van der Waals surface area contributed by atoms with E-state index in [1.165, 1.54) is 6.26 Å². The van der Waals surface area contributed by atoms with Gasteiger partial charge in [-0.3, -0.25) is 0 Å². The number of allylic oxidation sites excluding steroid dienone is 1. The van der Waals surface area contributed by atoms with Crippen molar-refractivity contribution >= 4 is 12.0 Å². The number of urea groups is 1. The minimum Gasteiger partial charge on any atom is -0.467 e. The number of carbonyl (C=O) groups excluding carboxylic acids is 2. The SMILES string of the molecule is CC1=C(C(=O)OCCC(C)C)[C@H](c2ccco2)NC(=O)N1. The van der Waals surface area contributed by atoms with E-state index >= 15 is 0 Å². The van der Waals surface area contributed by atoms with E-state index in [0.29, 0.717) is 29.6 Å². The van der Waals surface area contributed by atoms with Gasteiger partial charge >= 0.3 is 12.0 Å². The molecule has 1 aliphatic rings. The van der Waals surface area contributed by atoms with Crippen LogP contribution >= 0.6 is 0 Å². The van der Waals surface area contributed by atoms with Gasteiger partial charge in [-0.15, -0.1) is 0 Å². The first kappa shape index (κ1) is 15.2. The van der Waals surface area contributed by atoms with Crippen LogP contribution in [0.4, 0.5) is 4.79 Å². The molecule has 0 saturated carbocycles. The number of amides is 2. The first-order valence-electron chi connectivity index (χ1n) is 6.98. The Hall–Kier alpha value is -2.24. The fourth-order valence-electron chi connectivity index (χ4n) is 2.10. The van der Waals surface area contributed by atoms with E-state index in [0.717, 1.165) is 6.42 Å². The molecular formula is C15H20N2O4. The first-order valence-corrected chi connectivity index (χ1v) is 6.98. The number of carbonyl (C=O) groups is 2. The van der Waals surface area contributed by atoms with E-state index < -0.39 is 12.0 Å². The fourth-order valence-corrected chi connectivity index (χ4v) is 2.10. The van der Waals surface area contributed by atoms with Crippen molar-refractivity contribution in [2.45, 2.75) is 33.2 Å². The van der Waals surface area contributed by atoms with E-state index in [1.807, 2.05) is 0 Å². The number of nitrogens with one attached hydrogen (secondary N) is 2. The summed E-state index contributed by atoms with van der Waals surface area (Å²) in [5, 5.41) is 5.27. The molecule has 2 heterocycles. The Kier molecular flexibility index (Phi) is 4.67. The molecule has 2 N–H and O–H groups in total. The second-order valence-electron chi connectivity index (χ2n) is 5.40. The predicted molar refractivity (Wildman–Crippen MR) is 76.2 cm³/mol. The Labute approximate surface area is 123 Å². The molecule has 2 amide bonds. The van der Waals surface area contributed by atoms with Gasteiger partial charge in [0.05, 0.1) is 18.4 Å². The first-order chi connectivity index (χ1) is 9.99. The number of furan rings is 1. The van der Waals surface area contributed by atoms with Gasteiger partial charge in [0, 0.05) is 5.70 Å². The third kappa shape index (κ3) is 3.65. The number of esters is 1. The third-order valence-corrected chi connectivity index (χ3v) is 3.25. The summed E-state index contributed by atoms with van der Waals surface area (Å²) >= 11 is 0. The highest BCUT2D eigenvalue weighted by molar-refractivity contribution is 5.94. The van der Waals surface area contributed by atoms with Crippen LogP contribution in [0.25, 0.3) is 0 Å². The number of hydrogen-bond acceptors (Lipinski definition) is 4. The summed E-state index contributed by atoms with van der Waals surface area (Å²) in [6.45, 7) is 6.15. The number of hydrogen-bond donors (Lipinski definition) is 2. The zero-order chi connectivity index (χ0) is 15.4. The Bertz CT molecular complexity index is 546. The lowest BCUT2D eigenvalue weighted by molar-refractivity contribution is -0.139. The van der Waals surface area contributed by atoms with E-state index in [2.05, 4.69) is 24.5 Å². The molecule has 6 nitrogen and oxygen atoms in total. The molecule has 0 radical (unpaired) electrons. The Morgan fingerprint density at radius 1 is 1.48 bits per heavy atom. The lowest BCUT2D eigenvalue weighted by Gasteiger charge is -2.26. The Morgan fingerprint density at radius 3 is 2.86 bits per heavy atom. The van der Waals surface area contributed by atoms with Crippen molar-refractivity contribution in [2.75, 3.05) is 6.61 Å². The van der Waals surface area contributed by atoms with Gasteiger partial charge in [-0.2, -0.15) is 0 Å². The molecule has 0 aliphatic carbocycles. The second kappa shape index (κ2) is 6.47. The molecule has 6 heteroatoms. The lowest BCUT2D eigenvalue weighted by atomic mass is 10.0. The van der Waals surface area contributed by atoms with E-state index in [-0.39, 0.29) is 6.03 Å². The topological polar surface area (TPSA) is 80.6 Å². The van der Waals surface area contributed by atoms with Gasteiger partial charge in [0.15, 0.2) is 0 Å². The number of ether oxygens (including phenoxy) is 1. The standard InChI is InChI=1S/C15H20N2O4/c1-9(2)6-8-21-14(18)12-10(3)16-15(19)17-13(12)11-5-4-7-20-11/h4-5,7,9,13H,6,8H2,1-3H3,(H2,16,17,19)/t13-/m0/s1. The van der Waals surface area contributed by atoms with Crippen LogP contribution in [0.5, 0.6) is 0 Å².